The minimum Gasteiger partial charge on any atom is -0.497 e. The number of benzene rings is 3. The lowest BCUT2D eigenvalue weighted by atomic mass is 9.82. The summed E-state index contributed by atoms with van der Waals surface area (Å²) in [5, 5.41) is 0. The first-order valence-corrected chi connectivity index (χ1v) is 9.91. The molecule has 3 aromatic rings. The molecule has 144 valence electrons. The van der Waals surface area contributed by atoms with Crippen molar-refractivity contribution in [1.82, 2.24) is 0 Å². The summed E-state index contributed by atoms with van der Waals surface area (Å²) in [5.41, 5.74) is 6.17. The number of ether oxygens (including phenoxy) is 1. The van der Waals surface area contributed by atoms with E-state index >= 15 is 0 Å². The van der Waals surface area contributed by atoms with Gasteiger partial charge in [0.2, 0.25) is 5.91 Å². The summed E-state index contributed by atoms with van der Waals surface area (Å²) in [5.74, 6) is 0.932. The lowest BCUT2D eigenvalue weighted by Gasteiger charge is -2.29. The molecule has 1 heterocycles. The molecule has 1 aliphatic carbocycles. The third-order valence-corrected chi connectivity index (χ3v) is 6.14. The zero-order valence-corrected chi connectivity index (χ0v) is 16.8. The maximum atomic E-state index is 13.6. The van der Waals surface area contributed by atoms with Crippen molar-refractivity contribution in [3.05, 3.63) is 101 Å². The second-order valence-corrected chi connectivity index (χ2v) is 8.15. The maximum Gasteiger partial charge on any atom is 0.241 e. The van der Waals surface area contributed by atoms with Crippen molar-refractivity contribution in [3.63, 3.8) is 0 Å². The van der Waals surface area contributed by atoms with Gasteiger partial charge < -0.3 is 4.74 Å². The Morgan fingerprint density at radius 1 is 0.862 bits per heavy atom. The molecule has 0 bridgehead atoms. The van der Waals surface area contributed by atoms with Crippen LogP contribution in [0.15, 0.2) is 84.6 Å². The first-order chi connectivity index (χ1) is 14.0. The number of methoxy groups -OCH3 is 1. The van der Waals surface area contributed by atoms with Crippen LogP contribution in [0.1, 0.15) is 36.5 Å². The molecule has 0 radical (unpaired) electrons. The maximum absolute atomic E-state index is 13.6. The molecular weight excluding hydrogens is 358 g/mol. The van der Waals surface area contributed by atoms with Gasteiger partial charge >= 0.3 is 0 Å². The molecule has 1 atom stereocenters. The summed E-state index contributed by atoms with van der Waals surface area (Å²) >= 11 is 0. The van der Waals surface area contributed by atoms with E-state index in [4.69, 9.17) is 4.74 Å². The van der Waals surface area contributed by atoms with Gasteiger partial charge in [-0.15, -0.1) is 0 Å². The Hall–Kier alpha value is -3.33. The van der Waals surface area contributed by atoms with Crippen LogP contribution in [0.2, 0.25) is 0 Å². The van der Waals surface area contributed by atoms with E-state index in [1.807, 2.05) is 49.1 Å². The molecule has 3 heteroatoms. The van der Waals surface area contributed by atoms with Crippen LogP contribution in [0.25, 0.3) is 5.57 Å². The van der Waals surface area contributed by atoms with Crippen LogP contribution in [0.5, 0.6) is 5.75 Å². The van der Waals surface area contributed by atoms with E-state index in [9.17, 15) is 4.79 Å². The minimum atomic E-state index is -0.588. The number of nitrogens with zero attached hydrogens (tertiary/aromatic N) is 1. The molecule has 3 aromatic carbocycles. The summed E-state index contributed by atoms with van der Waals surface area (Å²) in [6, 6.07) is 26.7. The fraction of sp³-hybridized carbons (Fsp3) is 0.192. The quantitative estimate of drug-likeness (QED) is 0.589. The molecule has 0 N–H and O–H groups in total. The highest BCUT2D eigenvalue weighted by Gasteiger charge is 2.53. The van der Waals surface area contributed by atoms with Gasteiger partial charge in [0.25, 0.3) is 0 Å². The highest BCUT2D eigenvalue weighted by molar-refractivity contribution is 6.16. The molecule has 0 spiro atoms. The van der Waals surface area contributed by atoms with E-state index in [1.165, 1.54) is 16.7 Å². The summed E-state index contributed by atoms with van der Waals surface area (Å²) in [6.07, 6.45) is 0. The molecule has 0 fully saturated rings. The van der Waals surface area contributed by atoms with Gasteiger partial charge in [0.1, 0.15) is 5.75 Å². The average Bonchev–Trinajstić information content (AvgIpc) is 3.19. The van der Waals surface area contributed by atoms with Crippen LogP contribution < -0.4 is 9.64 Å². The SMILES string of the molecule is COc1ccc(N2C(=O)C(C)(C)C3=C2C(c2ccccc2)c2ccccc23)cc1. The normalized spacial score (nSPS) is 19.3. The van der Waals surface area contributed by atoms with Crippen LogP contribution >= 0.6 is 0 Å². The van der Waals surface area contributed by atoms with E-state index in [1.54, 1.807) is 7.11 Å². The summed E-state index contributed by atoms with van der Waals surface area (Å²) < 4.78 is 5.31. The first-order valence-electron chi connectivity index (χ1n) is 9.91. The molecule has 5 rings (SSSR count). The number of carbonyl (C=O) groups excluding carboxylic acids is 1. The topological polar surface area (TPSA) is 29.5 Å². The Labute approximate surface area is 171 Å². The monoisotopic (exact) mass is 381 g/mol. The molecule has 0 aromatic heterocycles. The number of hydrogen-bond acceptors (Lipinski definition) is 2. The standard InChI is InChI=1S/C26H23NO2/c1-26(2)23-21-12-8-7-11-20(21)22(17-9-5-4-6-10-17)24(23)27(25(26)28)18-13-15-19(29-3)16-14-18/h4-16,22H,1-3H3. The van der Waals surface area contributed by atoms with Crippen molar-refractivity contribution < 1.29 is 9.53 Å². The zero-order valence-electron chi connectivity index (χ0n) is 16.8. The molecule has 3 nitrogen and oxygen atoms in total. The lowest BCUT2D eigenvalue weighted by Crippen LogP contribution is -2.35. The lowest BCUT2D eigenvalue weighted by molar-refractivity contribution is -0.122. The van der Waals surface area contributed by atoms with Gasteiger partial charge in [0.05, 0.1) is 18.4 Å². The Kier molecular flexibility index (Phi) is 3.88. The second kappa shape index (κ2) is 6.35. The third-order valence-electron chi connectivity index (χ3n) is 6.14. The number of allylic oxidation sites excluding steroid dienone is 1. The van der Waals surface area contributed by atoms with Crippen molar-refractivity contribution in [1.29, 1.82) is 0 Å². The molecule has 29 heavy (non-hydrogen) atoms. The number of rotatable bonds is 3. The largest absolute Gasteiger partial charge is 0.497 e. The van der Waals surface area contributed by atoms with Gasteiger partial charge in [-0.2, -0.15) is 0 Å². The molecule has 1 amide bonds. The Morgan fingerprint density at radius 2 is 1.52 bits per heavy atom. The van der Waals surface area contributed by atoms with Crippen molar-refractivity contribution in [2.45, 2.75) is 19.8 Å². The van der Waals surface area contributed by atoms with E-state index in [0.717, 1.165) is 22.7 Å². The smallest absolute Gasteiger partial charge is 0.241 e. The Bertz CT molecular complexity index is 1130. The number of hydrogen-bond donors (Lipinski definition) is 0. The second-order valence-electron chi connectivity index (χ2n) is 8.15. The molecule has 2 aliphatic rings. The highest BCUT2D eigenvalue weighted by atomic mass is 16.5. The minimum absolute atomic E-state index is 0.0372. The van der Waals surface area contributed by atoms with Crippen molar-refractivity contribution in [2.24, 2.45) is 5.41 Å². The molecule has 1 aliphatic heterocycles. The van der Waals surface area contributed by atoms with E-state index < -0.39 is 5.41 Å². The number of amides is 1. The van der Waals surface area contributed by atoms with Crippen LogP contribution in [-0.4, -0.2) is 13.0 Å². The zero-order chi connectivity index (χ0) is 20.2. The van der Waals surface area contributed by atoms with Crippen molar-refractivity contribution in [2.75, 3.05) is 12.0 Å². The molecule has 1 unspecified atom stereocenters. The van der Waals surface area contributed by atoms with E-state index in [0.29, 0.717) is 0 Å². The Balaban J connectivity index is 1.76. The number of anilines is 1. The average molecular weight is 381 g/mol. The van der Waals surface area contributed by atoms with Crippen LogP contribution in [0.4, 0.5) is 5.69 Å². The summed E-state index contributed by atoms with van der Waals surface area (Å²) in [4.78, 5) is 15.6. The van der Waals surface area contributed by atoms with Gasteiger partial charge in [0, 0.05) is 11.4 Å². The van der Waals surface area contributed by atoms with Gasteiger partial charge in [-0.05, 0) is 60.4 Å². The molecule has 0 saturated carbocycles. The van der Waals surface area contributed by atoms with Gasteiger partial charge in [0.15, 0.2) is 0 Å². The summed E-state index contributed by atoms with van der Waals surface area (Å²) in [7, 11) is 1.65. The van der Waals surface area contributed by atoms with Gasteiger partial charge in [-0.25, -0.2) is 0 Å². The predicted molar refractivity (Wildman–Crippen MR) is 116 cm³/mol. The fourth-order valence-electron chi connectivity index (χ4n) is 4.77. The van der Waals surface area contributed by atoms with E-state index in [2.05, 4.69) is 48.5 Å². The van der Waals surface area contributed by atoms with Gasteiger partial charge in [-0.1, -0.05) is 54.6 Å². The molecular formula is C26H23NO2. The fourth-order valence-corrected chi connectivity index (χ4v) is 4.77. The summed E-state index contributed by atoms with van der Waals surface area (Å²) in [6.45, 7) is 4.08. The van der Waals surface area contributed by atoms with Crippen LogP contribution in [0, 0.1) is 5.41 Å². The van der Waals surface area contributed by atoms with Crippen molar-refractivity contribution >= 4 is 17.2 Å². The third kappa shape index (κ3) is 2.47. The van der Waals surface area contributed by atoms with Crippen LogP contribution in [-0.2, 0) is 4.79 Å². The number of fused-ring (bicyclic) bond motifs is 2. The van der Waals surface area contributed by atoms with Gasteiger partial charge in [-0.3, -0.25) is 9.69 Å². The van der Waals surface area contributed by atoms with E-state index in [-0.39, 0.29) is 11.8 Å². The first kappa shape index (κ1) is 17.7. The van der Waals surface area contributed by atoms with Crippen LogP contribution in [0.3, 0.4) is 0 Å². The van der Waals surface area contributed by atoms with Crippen molar-refractivity contribution in [3.8, 4) is 5.75 Å². The molecule has 0 saturated heterocycles. The predicted octanol–water partition coefficient (Wildman–Crippen LogP) is 5.62. The Morgan fingerprint density at radius 3 is 2.21 bits per heavy atom. The highest BCUT2D eigenvalue weighted by Crippen LogP contribution is 2.58. The number of carbonyl (C=O) groups is 1.